The molecule has 218 valence electrons. The average molecular weight is 585 g/mol. The lowest BCUT2D eigenvalue weighted by molar-refractivity contribution is -0.155. The number of hydrogen-bond donors (Lipinski definition) is 1. The Morgan fingerprint density at radius 1 is 1.05 bits per heavy atom. The number of esters is 1. The molecule has 0 atom stereocenters. The van der Waals surface area contributed by atoms with Crippen molar-refractivity contribution in [1.82, 2.24) is 14.9 Å². The molecular formula is C29H33ClN4O7. The van der Waals surface area contributed by atoms with Crippen LogP contribution in [-0.4, -0.2) is 51.9 Å². The van der Waals surface area contributed by atoms with Gasteiger partial charge in [-0.15, -0.1) is 0 Å². The number of halogens is 1. The number of nitrogens with one attached hydrogen (secondary N) is 1. The smallest absolute Gasteiger partial charge is 0.415 e. The number of aromatic nitrogens is 2. The molecule has 0 aliphatic carbocycles. The molecule has 0 spiro atoms. The van der Waals surface area contributed by atoms with Gasteiger partial charge in [-0.05, 0) is 65.3 Å². The molecule has 0 bridgehead atoms. The van der Waals surface area contributed by atoms with Crippen molar-refractivity contribution in [3.8, 4) is 5.75 Å². The van der Waals surface area contributed by atoms with Crippen LogP contribution in [0.15, 0.2) is 41.3 Å². The second-order valence-electron chi connectivity index (χ2n) is 11.5. The summed E-state index contributed by atoms with van der Waals surface area (Å²) >= 11 is 5.95. The third-order valence-electron chi connectivity index (χ3n) is 5.83. The van der Waals surface area contributed by atoms with Crippen LogP contribution in [0.25, 0.3) is 11.0 Å². The molecule has 1 N–H and O–H groups in total. The van der Waals surface area contributed by atoms with Crippen molar-refractivity contribution in [2.75, 3.05) is 18.1 Å². The van der Waals surface area contributed by atoms with Gasteiger partial charge in [0.2, 0.25) is 0 Å². The number of pyridine rings is 2. The van der Waals surface area contributed by atoms with Crippen molar-refractivity contribution in [1.29, 1.82) is 0 Å². The first kappa shape index (κ1) is 29.9. The Morgan fingerprint density at radius 3 is 2.34 bits per heavy atom. The minimum Gasteiger partial charge on any atom is -0.489 e. The van der Waals surface area contributed by atoms with Crippen molar-refractivity contribution in [3.63, 3.8) is 0 Å². The van der Waals surface area contributed by atoms with Gasteiger partial charge in [0, 0.05) is 11.6 Å². The highest BCUT2D eigenvalue weighted by Gasteiger charge is 2.31. The highest BCUT2D eigenvalue weighted by Crippen LogP contribution is 2.38. The van der Waals surface area contributed by atoms with Gasteiger partial charge < -0.3 is 19.5 Å². The van der Waals surface area contributed by atoms with Gasteiger partial charge in [-0.25, -0.2) is 9.78 Å². The summed E-state index contributed by atoms with van der Waals surface area (Å²) in [6.07, 6.45) is 0.790. The zero-order valence-corrected chi connectivity index (χ0v) is 24.6. The molecule has 2 amide bonds. The summed E-state index contributed by atoms with van der Waals surface area (Å²) in [5, 5.41) is 3.56. The van der Waals surface area contributed by atoms with E-state index in [0.717, 1.165) is 10.1 Å². The number of rotatable bonds is 5. The molecule has 41 heavy (non-hydrogen) atoms. The Kier molecular flexibility index (Phi) is 8.30. The van der Waals surface area contributed by atoms with Gasteiger partial charge >= 0.3 is 12.1 Å². The molecule has 0 saturated heterocycles. The highest BCUT2D eigenvalue weighted by atomic mass is 35.5. The molecule has 0 fully saturated rings. The van der Waals surface area contributed by atoms with Crippen LogP contribution in [0.1, 0.15) is 57.5 Å². The van der Waals surface area contributed by atoms with E-state index in [9.17, 15) is 19.2 Å². The van der Waals surface area contributed by atoms with Gasteiger partial charge in [0.25, 0.3) is 11.5 Å². The molecule has 1 aromatic carbocycles. The van der Waals surface area contributed by atoms with Gasteiger partial charge in [0.05, 0.1) is 18.1 Å². The second kappa shape index (κ2) is 11.4. The van der Waals surface area contributed by atoms with Gasteiger partial charge in [0.1, 0.15) is 41.3 Å². The Labute approximate surface area is 242 Å². The van der Waals surface area contributed by atoms with Gasteiger partial charge in [-0.3, -0.25) is 23.9 Å². The summed E-state index contributed by atoms with van der Waals surface area (Å²) in [7, 11) is 0. The van der Waals surface area contributed by atoms with E-state index in [2.05, 4.69) is 10.3 Å². The van der Waals surface area contributed by atoms with Crippen LogP contribution in [0.2, 0.25) is 5.02 Å². The Balaban J connectivity index is 1.80. The molecule has 1 aliphatic heterocycles. The third-order valence-corrected chi connectivity index (χ3v) is 6.08. The van der Waals surface area contributed by atoms with Crippen LogP contribution in [0.4, 0.5) is 10.5 Å². The summed E-state index contributed by atoms with van der Waals surface area (Å²) in [6, 6.07) is 8.26. The molecular weight excluding hydrogens is 552 g/mol. The van der Waals surface area contributed by atoms with E-state index < -0.39 is 41.3 Å². The van der Waals surface area contributed by atoms with Gasteiger partial charge in [-0.2, -0.15) is 0 Å². The molecule has 12 heteroatoms. The number of nitrogens with zero attached hydrogens (tertiary/aromatic N) is 3. The van der Waals surface area contributed by atoms with E-state index in [1.54, 1.807) is 65.8 Å². The van der Waals surface area contributed by atoms with E-state index >= 15 is 0 Å². The number of hydrogen-bond acceptors (Lipinski definition) is 8. The number of ether oxygens (including phenoxy) is 3. The largest absolute Gasteiger partial charge is 0.489 e. The number of fused-ring (bicyclic) bond motifs is 3. The lowest BCUT2D eigenvalue weighted by Gasteiger charge is -2.32. The number of amides is 2. The Bertz CT molecular complexity index is 1550. The third kappa shape index (κ3) is 7.15. The monoisotopic (exact) mass is 584 g/mol. The molecule has 3 aromatic rings. The number of carbonyl (C=O) groups excluding carboxylic acids is 3. The van der Waals surface area contributed by atoms with Crippen molar-refractivity contribution >= 4 is 46.3 Å². The zero-order valence-electron chi connectivity index (χ0n) is 23.9. The van der Waals surface area contributed by atoms with Gasteiger partial charge in [-0.1, -0.05) is 23.7 Å². The second-order valence-corrected chi connectivity index (χ2v) is 12.0. The number of anilines is 1. The molecule has 11 nitrogen and oxygen atoms in total. The van der Waals surface area contributed by atoms with Crippen LogP contribution in [-0.2, 0) is 27.4 Å². The standard InChI is InChI=1S/C29H33ClN4O7/c1-28(2,3)40-22(35)16-34-24-19(13-20(26(34)37)25(36)32-14-17-7-9-18(30)10-8-17)23-21(15-31-24)33(11-12-39-23)27(38)41-29(4,5)6/h7-10,13,15H,11-12,14,16H2,1-6H3,(H,32,36). The topological polar surface area (TPSA) is 129 Å². The predicted octanol–water partition coefficient (Wildman–Crippen LogP) is 4.46. The van der Waals surface area contributed by atoms with Crippen LogP contribution in [0, 0.1) is 0 Å². The minimum absolute atomic E-state index is 0.0971. The molecule has 4 rings (SSSR count). The Hall–Kier alpha value is -4.12. The van der Waals surface area contributed by atoms with Crippen LogP contribution in [0.3, 0.4) is 0 Å². The molecule has 0 radical (unpaired) electrons. The van der Waals surface area contributed by atoms with Crippen LogP contribution >= 0.6 is 11.6 Å². The zero-order chi connectivity index (χ0) is 30.1. The lowest BCUT2D eigenvalue weighted by Crippen LogP contribution is -2.42. The van der Waals surface area contributed by atoms with Gasteiger partial charge in [0.15, 0.2) is 5.75 Å². The summed E-state index contributed by atoms with van der Waals surface area (Å²) in [4.78, 5) is 58.4. The first-order valence-corrected chi connectivity index (χ1v) is 13.4. The van der Waals surface area contributed by atoms with E-state index in [0.29, 0.717) is 10.7 Å². The molecule has 2 aromatic heterocycles. The maximum Gasteiger partial charge on any atom is 0.415 e. The van der Waals surface area contributed by atoms with Crippen LogP contribution < -0.4 is 20.5 Å². The van der Waals surface area contributed by atoms with Crippen LogP contribution in [0.5, 0.6) is 5.75 Å². The minimum atomic E-state index is -0.798. The van der Waals surface area contributed by atoms with E-state index in [1.807, 2.05) is 0 Å². The maximum atomic E-state index is 13.6. The normalized spacial score (nSPS) is 13.3. The first-order valence-electron chi connectivity index (χ1n) is 13.1. The van der Waals surface area contributed by atoms with Crippen molar-refractivity contribution in [3.05, 3.63) is 63.0 Å². The molecule has 0 unspecified atom stereocenters. The maximum absolute atomic E-state index is 13.6. The summed E-state index contributed by atoms with van der Waals surface area (Å²) < 4.78 is 18.0. The SMILES string of the molecule is CC(C)(C)OC(=O)Cn1c(=O)c(C(=O)NCc2ccc(Cl)cc2)cc2c3c(cnc21)N(C(=O)OC(C)(C)C)CCO3. The Morgan fingerprint density at radius 2 is 1.71 bits per heavy atom. The van der Waals surface area contributed by atoms with E-state index in [-0.39, 0.29) is 42.0 Å². The molecule has 0 saturated carbocycles. The summed E-state index contributed by atoms with van der Waals surface area (Å²) in [5.41, 5.74) is -1.31. The fourth-order valence-corrected chi connectivity index (χ4v) is 4.31. The van der Waals surface area contributed by atoms with Crippen molar-refractivity contribution in [2.45, 2.75) is 65.8 Å². The predicted molar refractivity (Wildman–Crippen MR) is 154 cm³/mol. The number of carbonyl (C=O) groups is 3. The highest BCUT2D eigenvalue weighted by molar-refractivity contribution is 6.30. The van der Waals surface area contributed by atoms with E-state index in [1.165, 1.54) is 17.2 Å². The molecule has 3 heterocycles. The van der Waals surface area contributed by atoms with Crippen molar-refractivity contribution in [2.24, 2.45) is 0 Å². The summed E-state index contributed by atoms with van der Waals surface area (Å²) in [5.74, 6) is -1.12. The summed E-state index contributed by atoms with van der Waals surface area (Å²) in [6.45, 7) is 10.4. The average Bonchev–Trinajstić information content (AvgIpc) is 2.87. The van der Waals surface area contributed by atoms with E-state index in [4.69, 9.17) is 25.8 Å². The fraction of sp³-hybridized carbons (Fsp3) is 0.414. The lowest BCUT2D eigenvalue weighted by atomic mass is 10.1. The quantitative estimate of drug-likeness (QED) is 0.435. The van der Waals surface area contributed by atoms with Crippen molar-refractivity contribution < 1.29 is 28.6 Å². The molecule has 1 aliphatic rings. The number of benzene rings is 1. The first-order chi connectivity index (χ1) is 19.1. The fourth-order valence-electron chi connectivity index (χ4n) is 4.18.